The monoisotopic (exact) mass is 363 g/mol. The minimum atomic E-state index is -3.81. The summed E-state index contributed by atoms with van der Waals surface area (Å²) in [4.78, 5) is 11.5. The summed E-state index contributed by atoms with van der Waals surface area (Å²) < 4.78 is 26.7. The van der Waals surface area contributed by atoms with Crippen LogP contribution in [0.2, 0.25) is 0 Å². The molecule has 0 aliphatic carbocycles. The molecule has 1 aromatic carbocycles. The van der Waals surface area contributed by atoms with Crippen LogP contribution in [0.5, 0.6) is 0 Å². The maximum Gasteiger partial charge on any atom is 0.241 e. The van der Waals surface area contributed by atoms with Crippen molar-refractivity contribution in [3.63, 3.8) is 0 Å². The highest BCUT2D eigenvalue weighted by atomic mass is 35.5. The maximum atomic E-state index is 12.2. The number of guanidine groups is 1. The third kappa shape index (κ3) is 7.31. The fourth-order valence-electron chi connectivity index (χ4n) is 1.76. The first kappa shape index (κ1) is 21.2. The number of halogens is 1. The zero-order valence-electron chi connectivity index (χ0n) is 12.7. The highest BCUT2D eigenvalue weighted by molar-refractivity contribution is 7.89. The lowest BCUT2D eigenvalue weighted by molar-refractivity contribution is -0.119. The van der Waals surface area contributed by atoms with Crippen LogP contribution in [0.4, 0.5) is 0 Å². The second-order valence-electron chi connectivity index (χ2n) is 4.87. The largest absolute Gasteiger partial charge is 0.370 e. The van der Waals surface area contributed by atoms with Crippen molar-refractivity contribution >= 4 is 34.3 Å². The normalized spacial score (nSPS) is 12.0. The lowest BCUT2D eigenvalue weighted by atomic mass is 10.1. The number of rotatable bonds is 8. The Morgan fingerprint density at radius 1 is 1.26 bits per heavy atom. The van der Waals surface area contributed by atoms with E-state index in [1.54, 1.807) is 12.1 Å². The van der Waals surface area contributed by atoms with E-state index in [9.17, 15) is 13.2 Å². The van der Waals surface area contributed by atoms with Gasteiger partial charge in [-0.2, -0.15) is 4.72 Å². The number of hydrogen-bond donors (Lipinski definition) is 5. The molecule has 1 atom stereocenters. The lowest BCUT2D eigenvalue weighted by Crippen LogP contribution is -2.44. The van der Waals surface area contributed by atoms with E-state index in [2.05, 4.69) is 10.0 Å². The van der Waals surface area contributed by atoms with Gasteiger partial charge in [-0.1, -0.05) is 17.7 Å². The lowest BCUT2D eigenvalue weighted by Gasteiger charge is -2.16. The van der Waals surface area contributed by atoms with Gasteiger partial charge in [0.05, 0.1) is 4.90 Å². The Balaban J connectivity index is 0.00000484. The number of nitrogens with one attached hydrogen (secondary N) is 3. The fraction of sp³-hybridized carbons (Fsp3) is 0.385. The number of amides is 1. The number of nitrogens with two attached hydrogens (primary N) is 2. The molecule has 1 rings (SSSR count). The molecule has 130 valence electrons. The second-order valence-corrected chi connectivity index (χ2v) is 6.59. The number of hydrogen-bond acceptors (Lipinski definition) is 4. The van der Waals surface area contributed by atoms with Crippen molar-refractivity contribution in [3.8, 4) is 0 Å². The zero-order chi connectivity index (χ0) is 16.8. The van der Waals surface area contributed by atoms with Crippen molar-refractivity contribution in [2.45, 2.75) is 30.7 Å². The summed E-state index contributed by atoms with van der Waals surface area (Å²) in [6, 6.07) is 5.26. The number of sulfonamides is 1. The summed E-state index contributed by atoms with van der Waals surface area (Å²) in [6.07, 6.45) is 0.643. The molecule has 0 saturated heterocycles. The molecule has 0 unspecified atom stereocenters. The molecule has 0 aromatic heterocycles. The Morgan fingerprint density at radius 2 is 1.83 bits per heavy atom. The number of primary amides is 1. The maximum absolute atomic E-state index is 12.2. The van der Waals surface area contributed by atoms with Gasteiger partial charge in [0.1, 0.15) is 6.04 Å². The van der Waals surface area contributed by atoms with Crippen LogP contribution in [0.25, 0.3) is 0 Å². The summed E-state index contributed by atoms with van der Waals surface area (Å²) in [6.45, 7) is 2.20. The molecule has 0 fully saturated rings. The van der Waals surface area contributed by atoms with Crippen LogP contribution in [-0.2, 0) is 14.8 Å². The quantitative estimate of drug-likeness (QED) is 0.246. The molecule has 23 heavy (non-hydrogen) atoms. The highest BCUT2D eigenvalue weighted by Gasteiger charge is 2.23. The Kier molecular flexibility index (Phi) is 8.59. The summed E-state index contributed by atoms with van der Waals surface area (Å²) >= 11 is 0. The molecule has 0 radical (unpaired) electrons. The fourth-order valence-corrected chi connectivity index (χ4v) is 3.00. The van der Waals surface area contributed by atoms with Gasteiger partial charge in [0, 0.05) is 6.54 Å². The number of aryl methyl sites for hydroxylation is 1. The van der Waals surface area contributed by atoms with E-state index in [0.717, 1.165) is 5.56 Å². The summed E-state index contributed by atoms with van der Waals surface area (Å²) in [5.41, 5.74) is 11.3. The van der Waals surface area contributed by atoms with Gasteiger partial charge in [-0.05, 0) is 31.9 Å². The molecule has 0 spiro atoms. The predicted octanol–water partition coefficient (Wildman–Crippen LogP) is -0.188. The highest BCUT2D eigenvalue weighted by Crippen LogP contribution is 2.11. The third-order valence-corrected chi connectivity index (χ3v) is 4.44. The SMILES string of the molecule is Cc1ccc(S(=O)(=O)N[C@@H](CCCNC(=N)N)C(N)=O)cc1.Cl. The van der Waals surface area contributed by atoms with E-state index in [1.165, 1.54) is 12.1 Å². The van der Waals surface area contributed by atoms with Gasteiger partial charge in [0.2, 0.25) is 15.9 Å². The minimum Gasteiger partial charge on any atom is -0.370 e. The Hall–Kier alpha value is -1.84. The number of carbonyl (C=O) groups is 1. The van der Waals surface area contributed by atoms with Crippen molar-refractivity contribution in [1.82, 2.24) is 10.0 Å². The van der Waals surface area contributed by atoms with Crippen LogP contribution in [0.3, 0.4) is 0 Å². The van der Waals surface area contributed by atoms with Crippen molar-refractivity contribution in [3.05, 3.63) is 29.8 Å². The van der Waals surface area contributed by atoms with E-state index in [4.69, 9.17) is 16.9 Å². The molecular formula is C13H22ClN5O3S. The van der Waals surface area contributed by atoms with Gasteiger partial charge in [-0.25, -0.2) is 8.42 Å². The van der Waals surface area contributed by atoms with Crippen molar-refractivity contribution in [2.75, 3.05) is 6.54 Å². The first-order valence-corrected chi connectivity index (χ1v) is 8.17. The molecule has 7 N–H and O–H groups in total. The summed E-state index contributed by atoms with van der Waals surface area (Å²) in [5.74, 6) is -0.936. The number of carbonyl (C=O) groups excluding carboxylic acids is 1. The van der Waals surface area contributed by atoms with Crippen LogP contribution < -0.4 is 21.5 Å². The molecule has 8 nitrogen and oxygen atoms in total. The average Bonchev–Trinajstić information content (AvgIpc) is 2.42. The second kappa shape index (κ2) is 9.33. The molecule has 0 heterocycles. The van der Waals surface area contributed by atoms with Gasteiger partial charge < -0.3 is 16.8 Å². The van der Waals surface area contributed by atoms with Crippen LogP contribution in [0, 0.1) is 12.3 Å². The van der Waals surface area contributed by atoms with E-state index >= 15 is 0 Å². The van der Waals surface area contributed by atoms with E-state index in [0.29, 0.717) is 13.0 Å². The molecule has 10 heteroatoms. The molecule has 0 saturated carbocycles. The Labute approximate surface area is 142 Å². The molecule has 0 aliphatic rings. The van der Waals surface area contributed by atoms with Gasteiger partial charge in [-0.3, -0.25) is 10.2 Å². The van der Waals surface area contributed by atoms with E-state index < -0.39 is 22.0 Å². The first-order chi connectivity index (χ1) is 10.2. The third-order valence-electron chi connectivity index (χ3n) is 2.96. The Bertz CT molecular complexity index is 634. The van der Waals surface area contributed by atoms with Gasteiger partial charge in [-0.15, -0.1) is 12.4 Å². The first-order valence-electron chi connectivity index (χ1n) is 6.68. The molecule has 0 aliphatic heterocycles. The van der Waals surface area contributed by atoms with Crippen molar-refractivity contribution < 1.29 is 13.2 Å². The standard InChI is InChI=1S/C13H21N5O3S.ClH/c1-9-4-6-10(7-5-9)22(20,21)18-11(12(14)19)3-2-8-17-13(15)16;/h4-7,11,18H,2-3,8H2,1H3,(H2,14,19)(H4,15,16,17);1H/t11-;/m0./s1. The molecular weight excluding hydrogens is 342 g/mol. The van der Waals surface area contributed by atoms with E-state index in [1.807, 2.05) is 6.92 Å². The average molecular weight is 364 g/mol. The van der Waals surface area contributed by atoms with Crippen LogP contribution in [0.1, 0.15) is 18.4 Å². The molecule has 1 amide bonds. The van der Waals surface area contributed by atoms with Gasteiger partial charge in [0.15, 0.2) is 5.96 Å². The Morgan fingerprint density at radius 3 is 2.30 bits per heavy atom. The van der Waals surface area contributed by atoms with Crippen molar-refractivity contribution in [2.24, 2.45) is 11.5 Å². The minimum absolute atomic E-state index is 0. The zero-order valence-corrected chi connectivity index (χ0v) is 14.3. The van der Waals surface area contributed by atoms with Crippen LogP contribution >= 0.6 is 12.4 Å². The summed E-state index contributed by atoms with van der Waals surface area (Å²) in [7, 11) is -3.81. The van der Waals surface area contributed by atoms with Gasteiger partial charge >= 0.3 is 0 Å². The van der Waals surface area contributed by atoms with E-state index in [-0.39, 0.29) is 29.7 Å². The smallest absolute Gasteiger partial charge is 0.241 e. The van der Waals surface area contributed by atoms with Crippen LogP contribution in [0.15, 0.2) is 29.2 Å². The predicted molar refractivity (Wildman–Crippen MR) is 90.9 cm³/mol. The molecule has 0 bridgehead atoms. The van der Waals surface area contributed by atoms with Crippen molar-refractivity contribution in [1.29, 1.82) is 5.41 Å². The topological polar surface area (TPSA) is 151 Å². The molecule has 1 aromatic rings. The van der Waals surface area contributed by atoms with Gasteiger partial charge in [0.25, 0.3) is 0 Å². The number of benzene rings is 1. The summed E-state index contributed by atoms with van der Waals surface area (Å²) in [5, 5.41) is 9.57. The van der Waals surface area contributed by atoms with Crippen LogP contribution in [-0.4, -0.2) is 32.9 Å².